The molecular formula is C21H23F2N3O3. The molecule has 0 fully saturated rings. The third-order valence-electron chi connectivity index (χ3n) is 4.17. The minimum absolute atomic E-state index is 0.0912. The number of para-hydroxylation sites is 1. The molecule has 29 heavy (non-hydrogen) atoms. The summed E-state index contributed by atoms with van der Waals surface area (Å²) < 4.78 is 40.9. The van der Waals surface area contributed by atoms with E-state index in [9.17, 15) is 13.9 Å². The van der Waals surface area contributed by atoms with Crippen molar-refractivity contribution in [2.45, 2.75) is 46.3 Å². The van der Waals surface area contributed by atoms with E-state index in [0.29, 0.717) is 17.1 Å². The summed E-state index contributed by atoms with van der Waals surface area (Å²) in [5.41, 5.74) is 0.0502. The van der Waals surface area contributed by atoms with Crippen LogP contribution in [0.15, 0.2) is 36.5 Å². The molecule has 0 saturated carbocycles. The molecule has 0 spiro atoms. The van der Waals surface area contributed by atoms with E-state index in [1.807, 2.05) is 0 Å². The van der Waals surface area contributed by atoms with E-state index in [0.717, 1.165) is 12.1 Å². The van der Waals surface area contributed by atoms with Crippen LogP contribution in [0, 0.1) is 18.6 Å². The van der Waals surface area contributed by atoms with Crippen LogP contribution in [0.5, 0.6) is 17.4 Å². The van der Waals surface area contributed by atoms with Gasteiger partial charge in [0.15, 0.2) is 23.2 Å². The van der Waals surface area contributed by atoms with Crippen LogP contribution in [-0.2, 0) is 5.60 Å². The summed E-state index contributed by atoms with van der Waals surface area (Å²) in [6.07, 6.45) is 1.30. The van der Waals surface area contributed by atoms with Crippen molar-refractivity contribution in [2.24, 2.45) is 0 Å². The maximum atomic E-state index is 14.1. The van der Waals surface area contributed by atoms with Crippen LogP contribution < -0.4 is 9.47 Å². The first-order chi connectivity index (χ1) is 13.6. The monoisotopic (exact) mass is 403 g/mol. The van der Waals surface area contributed by atoms with Gasteiger partial charge < -0.3 is 14.6 Å². The van der Waals surface area contributed by atoms with Crippen molar-refractivity contribution < 1.29 is 23.4 Å². The van der Waals surface area contributed by atoms with Gasteiger partial charge in [-0.2, -0.15) is 0 Å². The molecule has 0 aliphatic heterocycles. The Morgan fingerprint density at radius 2 is 1.72 bits per heavy atom. The van der Waals surface area contributed by atoms with E-state index < -0.39 is 23.0 Å². The molecule has 0 aliphatic carbocycles. The van der Waals surface area contributed by atoms with Crippen LogP contribution in [0.25, 0.3) is 5.82 Å². The van der Waals surface area contributed by atoms with Gasteiger partial charge in [-0.05, 0) is 52.8 Å². The zero-order valence-corrected chi connectivity index (χ0v) is 16.9. The zero-order valence-electron chi connectivity index (χ0n) is 16.9. The quantitative estimate of drug-likeness (QED) is 0.648. The highest BCUT2D eigenvalue weighted by molar-refractivity contribution is 5.46. The molecule has 0 unspecified atom stereocenters. The normalized spacial score (nSPS) is 11.8. The molecule has 1 N–H and O–H groups in total. The molecule has 2 aromatic heterocycles. The number of ether oxygens (including phenoxy) is 2. The molecule has 3 rings (SSSR count). The van der Waals surface area contributed by atoms with Gasteiger partial charge in [0, 0.05) is 11.8 Å². The minimum atomic E-state index is -1.03. The molecular weight excluding hydrogens is 380 g/mol. The smallest absolute Gasteiger partial charge is 0.277 e. The number of hydrogen-bond acceptors (Lipinski definition) is 5. The topological polar surface area (TPSA) is 69.4 Å². The number of rotatable bonds is 6. The summed E-state index contributed by atoms with van der Waals surface area (Å²) in [5, 5.41) is 14.5. The lowest BCUT2D eigenvalue weighted by molar-refractivity contribution is 0.0782. The summed E-state index contributed by atoms with van der Waals surface area (Å²) in [6, 6.07) is 6.88. The maximum absolute atomic E-state index is 14.1. The number of halogens is 2. The second-order valence-electron chi connectivity index (χ2n) is 7.42. The predicted octanol–water partition coefficient (Wildman–Crippen LogP) is 4.66. The number of hydrogen-bond donors (Lipinski definition) is 1. The molecule has 0 amide bonds. The van der Waals surface area contributed by atoms with Gasteiger partial charge >= 0.3 is 0 Å². The van der Waals surface area contributed by atoms with E-state index in [-0.39, 0.29) is 17.7 Å². The summed E-state index contributed by atoms with van der Waals surface area (Å²) in [4.78, 5) is 4.33. The fourth-order valence-electron chi connectivity index (χ4n) is 2.66. The molecule has 154 valence electrons. The van der Waals surface area contributed by atoms with Crippen LogP contribution in [0.2, 0.25) is 0 Å². The van der Waals surface area contributed by atoms with Gasteiger partial charge in [0.2, 0.25) is 5.75 Å². The van der Waals surface area contributed by atoms with Crippen molar-refractivity contribution >= 4 is 0 Å². The molecule has 8 heteroatoms. The Morgan fingerprint density at radius 1 is 1.07 bits per heavy atom. The molecule has 2 heterocycles. The first kappa shape index (κ1) is 20.7. The van der Waals surface area contributed by atoms with E-state index in [1.54, 1.807) is 46.8 Å². The summed E-state index contributed by atoms with van der Waals surface area (Å²) in [6.45, 7) is 8.61. The van der Waals surface area contributed by atoms with Crippen molar-refractivity contribution in [3.8, 4) is 23.2 Å². The second-order valence-corrected chi connectivity index (χ2v) is 7.42. The van der Waals surface area contributed by atoms with Gasteiger partial charge in [-0.1, -0.05) is 12.1 Å². The molecule has 1 aromatic carbocycles. The minimum Gasteiger partial charge on any atom is -0.471 e. The molecule has 0 saturated heterocycles. The molecule has 0 bridgehead atoms. The molecule has 3 aromatic rings. The van der Waals surface area contributed by atoms with Crippen LogP contribution >= 0.6 is 0 Å². The van der Waals surface area contributed by atoms with Crippen molar-refractivity contribution in [1.82, 2.24) is 14.8 Å². The highest BCUT2D eigenvalue weighted by Crippen LogP contribution is 2.38. The second kappa shape index (κ2) is 7.79. The van der Waals surface area contributed by atoms with Crippen LogP contribution in [-0.4, -0.2) is 26.0 Å². The largest absolute Gasteiger partial charge is 0.471 e. The Kier molecular flexibility index (Phi) is 5.57. The average molecular weight is 403 g/mol. The SMILES string of the molecule is Cc1c(Oc2c(F)cccc2F)c(OC(C)C)nn1-c1ccc(C(C)(C)O)cn1. The number of benzene rings is 1. The van der Waals surface area contributed by atoms with Gasteiger partial charge in [-0.15, -0.1) is 5.10 Å². The maximum Gasteiger partial charge on any atom is 0.277 e. The lowest BCUT2D eigenvalue weighted by Gasteiger charge is -2.17. The lowest BCUT2D eigenvalue weighted by atomic mass is 10.0. The fraction of sp³-hybridized carbons (Fsp3) is 0.333. The van der Waals surface area contributed by atoms with Gasteiger partial charge in [-0.25, -0.2) is 18.4 Å². The van der Waals surface area contributed by atoms with Gasteiger partial charge in [-0.3, -0.25) is 0 Å². The Morgan fingerprint density at radius 3 is 2.24 bits per heavy atom. The highest BCUT2D eigenvalue weighted by Gasteiger charge is 2.24. The number of aromatic nitrogens is 3. The van der Waals surface area contributed by atoms with Gasteiger partial charge in [0.25, 0.3) is 5.88 Å². The Hall–Kier alpha value is -3.00. The van der Waals surface area contributed by atoms with Crippen molar-refractivity contribution in [3.05, 3.63) is 59.4 Å². The molecule has 0 radical (unpaired) electrons. The van der Waals surface area contributed by atoms with Crippen LogP contribution in [0.1, 0.15) is 39.0 Å². The third kappa shape index (κ3) is 4.37. The van der Waals surface area contributed by atoms with Crippen molar-refractivity contribution in [2.75, 3.05) is 0 Å². The summed E-state index contributed by atoms with van der Waals surface area (Å²) >= 11 is 0. The van der Waals surface area contributed by atoms with Gasteiger partial charge in [0.1, 0.15) is 0 Å². The third-order valence-corrected chi connectivity index (χ3v) is 4.17. The van der Waals surface area contributed by atoms with Crippen molar-refractivity contribution in [3.63, 3.8) is 0 Å². The van der Waals surface area contributed by atoms with E-state index in [2.05, 4.69) is 10.1 Å². The Balaban J connectivity index is 2.06. The number of pyridine rings is 1. The Labute approximate surface area is 167 Å². The molecule has 0 aliphatic rings. The molecule has 6 nitrogen and oxygen atoms in total. The Bertz CT molecular complexity index is 989. The van der Waals surface area contributed by atoms with Crippen LogP contribution in [0.3, 0.4) is 0 Å². The first-order valence-corrected chi connectivity index (χ1v) is 9.15. The first-order valence-electron chi connectivity index (χ1n) is 9.15. The van der Waals surface area contributed by atoms with E-state index >= 15 is 0 Å². The fourth-order valence-corrected chi connectivity index (χ4v) is 2.66. The van der Waals surface area contributed by atoms with Gasteiger partial charge in [0.05, 0.1) is 17.4 Å². The van der Waals surface area contributed by atoms with E-state index in [4.69, 9.17) is 9.47 Å². The summed E-state index contributed by atoms with van der Waals surface area (Å²) in [5.74, 6) is -1.58. The highest BCUT2D eigenvalue weighted by atomic mass is 19.1. The summed E-state index contributed by atoms with van der Waals surface area (Å²) in [7, 11) is 0. The van der Waals surface area contributed by atoms with E-state index in [1.165, 1.54) is 16.9 Å². The predicted molar refractivity (Wildman–Crippen MR) is 104 cm³/mol. The average Bonchev–Trinajstić information content (AvgIpc) is 2.93. The standard InChI is InChI=1S/C21H23F2N3O3/c1-12(2)28-20-18(29-19-15(22)7-6-8-16(19)23)13(3)26(25-20)17-10-9-14(11-24-17)21(4,5)27/h6-12,27H,1-5H3. The molecule has 0 atom stereocenters. The number of nitrogens with zero attached hydrogens (tertiary/aromatic N) is 3. The van der Waals surface area contributed by atoms with Crippen molar-refractivity contribution in [1.29, 1.82) is 0 Å². The lowest BCUT2D eigenvalue weighted by Crippen LogP contribution is -2.16. The number of aliphatic hydroxyl groups is 1. The van der Waals surface area contributed by atoms with Crippen LogP contribution in [0.4, 0.5) is 8.78 Å². The zero-order chi connectivity index (χ0) is 21.3.